The van der Waals surface area contributed by atoms with Crippen molar-refractivity contribution in [1.82, 2.24) is 0 Å². The predicted octanol–water partition coefficient (Wildman–Crippen LogP) is 2.98. The van der Waals surface area contributed by atoms with Gasteiger partial charge in [0, 0.05) is 5.92 Å². The van der Waals surface area contributed by atoms with E-state index in [9.17, 15) is 4.79 Å². The zero-order valence-corrected chi connectivity index (χ0v) is 10.8. The van der Waals surface area contributed by atoms with Gasteiger partial charge >= 0.3 is 5.97 Å². The van der Waals surface area contributed by atoms with Gasteiger partial charge in [-0.1, -0.05) is 31.8 Å². The Hall–Kier alpha value is -0.573. The Morgan fingerprint density at radius 3 is 2.53 bits per heavy atom. The number of esters is 1. The van der Waals surface area contributed by atoms with Crippen molar-refractivity contribution < 1.29 is 9.53 Å². The summed E-state index contributed by atoms with van der Waals surface area (Å²) in [6.45, 7) is 6.80. The molecule has 3 atom stereocenters. The largest absolute Gasteiger partial charge is 0.461 e. The molecule has 1 fully saturated rings. The summed E-state index contributed by atoms with van der Waals surface area (Å²) in [5.41, 5.74) is 0.244. The van der Waals surface area contributed by atoms with Gasteiger partial charge in [-0.15, -0.1) is 0 Å². The second-order valence-electron chi connectivity index (χ2n) is 5.79. The fourth-order valence-corrected chi connectivity index (χ4v) is 4.77. The number of rotatable bonds is 2. The molecule has 3 heteroatoms. The molecule has 0 radical (unpaired) electrons. The van der Waals surface area contributed by atoms with Gasteiger partial charge in [0.15, 0.2) is 0 Å². The molecule has 0 spiro atoms. The topological polar surface area (TPSA) is 26.3 Å². The molecule has 2 aliphatic rings. The maximum absolute atomic E-state index is 11.5. The molecule has 15 heavy (non-hydrogen) atoms. The minimum absolute atomic E-state index is 0.0636. The maximum Gasteiger partial charge on any atom is 0.310 e. The fraction of sp³-hybridized carbons (Fsp3) is 0.750. The van der Waals surface area contributed by atoms with E-state index in [0.717, 1.165) is 12.8 Å². The third kappa shape index (κ3) is 2.02. The quantitative estimate of drug-likeness (QED) is 0.409. The van der Waals surface area contributed by atoms with E-state index in [4.69, 9.17) is 4.74 Å². The van der Waals surface area contributed by atoms with Crippen LogP contribution in [0.4, 0.5) is 0 Å². The molecule has 1 aliphatic heterocycles. The van der Waals surface area contributed by atoms with Gasteiger partial charge in [0.05, 0.1) is 13.6 Å². The number of ether oxygens (including phenoxy) is 1. The summed E-state index contributed by atoms with van der Waals surface area (Å²) in [6, 6.07) is 0. The van der Waals surface area contributed by atoms with Crippen molar-refractivity contribution in [2.75, 3.05) is 0 Å². The van der Waals surface area contributed by atoms with E-state index >= 15 is 0 Å². The predicted molar refractivity (Wildman–Crippen MR) is 63.5 cm³/mol. The van der Waals surface area contributed by atoms with E-state index in [0.29, 0.717) is 5.92 Å². The second-order valence-corrected chi connectivity index (χ2v) is 11.1. The molecule has 0 aromatic rings. The van der Waals surface area contributed by atoms with Crippen LogP contribution in [0, 0.1) is 5.92 Å². The lowest BCUT2D eigenvalue weighted by molar-refractivity contribution is -0.175. The molecule has 0 N–H and O–H groups in total. The first-order valence-corrected chi connectivity index (χ1v) is 9.43. The van der Waals surface area contributed by atoms with Crippen LogP contribution in [-0.2, 0) is 9.53 Å². The highest BCUT2D eigenvalue weighted by molar-refractivity contribution is 6.81. The summed E-state index contributed by atoms with van der Waals surface area (Å²) in [5, 5.41) is 0. The van der Waals surface area contributed by atoms with Crippen LogP contribution in [-0.4, -0.2) is 20.1 Å². The van der Waals surface area contributed by atoms with Crippen molar-refractivity contribution in [1.29, 1.82) is 0 Å². The van der Waals surface area contributed by atoms with Crippen LogP contribution in [0.5, 0.6) is 0 Å². The van der Waals surface area contributed by atoms with Crippen LogP contribution in [0.15, 0.2) is 12.2 Å². The first-order valence-electron chi connectivity index (χ1n) is 5.85. The Kier molecular flexibility index (Phi) is 2.75. The Morgan fingerprint density at radius 2 is 2.07 bits per heavy atom. The Bertz CT molecular complexity index is 290. The van der Waals surface area contributed by atoms with Crippen LogP contribution in [0.2, 0.25) is 25.2 Å². The summed E-state index contributed by atoms with van der Waals surface area (Å²) < 4.78 is 5.38. The van der Waals surface area contributed by atoms with Gasteiger partial charge in [0.25, 0.3) is 0 Å². The van der Waals surface area contributed by atoms with E-state index in [1.165, 1.54) is 6.42 Å². The Morgan fingerprint density at radius 1 is 1.33 bits per heavy atom. The van der Waals surface area contributed by atoms with Crippen LogP contribution in [0.1, 0.15) is 19.3 Å². The smallest absolute Gasteiger partial charge is 0.310 e. The molecule has 0 bridgehead atoms. The van der Waals surface area contributed by atoms with E-state index < -0.39 is 8.07 Å². The first-order chi connectivity index (χ1) is 7.00. The highest BCUT2D eigenvalue weighted by atomic mass is 28.3. The molecule has 0 aromatic carbocycles. The van der Waals surface area contributed by atoms with E-state index in [1.807, 2.05) is 0 Å². The lowest BCUT2D eigenvalue weighted by Crippen LogP contribution is -2.55. The molecule has 0 saturated carbocycles. The molecule has 1 unspecified atom stereocenters. The van der Waals surface area contributed by atoms with Crippen molar-refractivity contribution in [3.05, 3.63) is 12.2 Å². The third-order valence-electron chi connectivity index (χ3n) is 3.54. The number of cyclic esters (lactones) is 1. The molecule has 1 saturated heterocycles. The van der Waals surface area contributed by atoms with E-state index in [1.54, 1.807) is 0 Å². The average Bonchev–Trinajstić information content (AvgIpc) is 2.12. The van der Waals surface area contributed by atoms with Gasteiger partial charge < -0.3 is 4.74 Å². The lowest BCUT2D eigenvalue weighted by Gasteiger charge is -2.46. The average molecular weight is 224 g/mol. The van der Waals surface area contributed by atoms with Gasteiger partial charge in [-0.3, -0.25) is 4.79 Å². The molecule has 84 valence electrons. The lowest BCUT2D eigenvalue weighted by atomic mass is 9.85. The number of hydrogen-bond acceptors (Lipinski definition) is 2. The van der Waals surface area contributed by atoms with Gasteiger partial charge in [-0.25, -0.2) is 0 Å². The normalized spacial score (nSPS) is 35.9. The SMILES string of the molecule is C[Si](C)(C)[C@H]1C(=O)O[C@@H]1C1CC=CCC1. The Labute approximate surface area is 92.7 Å². The minimum Gasteiger partial charge on any atom is -0.461 e. The van der Waals surface area contributed by atoms with Crippen molar-refractivity contribution >= 4 is 14.0 Å². The fourth-order valence-electron chi connectivity index (χ4n) is 2.67. The molecule has 1 aliphatic carbocycles. The summed E-state index contributed by atoms with van der Waals surface area (Å²) in [6.07, 6.45) is 8.14. The zero-order valence-electron chi connectivity index (χ0n) is 9.82. The van der Waals surface area contributed by atoms with Crippen LogP contribution in [0.3, 0.4) is 0 Å². The first kappa shape index (κ1) is 10.9. The molecule has 0 aromatic heterocycles. The number of allylic oxidation sites excluding steroid dienone is 2. The number of carbonyl (C=O) groups excluding carboxylic acids is 1. The summed E-state index contributed by atoms with van der Waals surface area (Å²) >= 11 is 0. The highest BCUT2D eigenvalue weighted by Crippen LogP contribution is 2.44. The minimum atomic E-state index is -1.38. The summed E-state index contributed by atoms with van der Waals surface area (Å²) in [7, 11) is -1.38. The summed E-state index contributed by atoms with van der Waals surface area (Å²) in [4.78, 5) is 11.5. The van der Waals surface area contributed by atoms with Gasteiger partial charge in [-0.05, 0) is 19.3 Å². The van der Waals surface area contributed by atoms with Crippen LogP contribution < -0.4 is 0 Å². The number of carbonyl (C=O) groups is 1. The molecular formula is C12H20O2Si. The molecule has 2 nitrogen and oxygen atoms in total. The third-order valence-corrected chi connectivity index (χ3v) is 5.97. The van der Waals surface area contributed by atoms with E-state index in [-0.39, 0.29) is 17.6 Å². The highest BCUT2D eigenvalue weighted by Gasteiger charge is 2.52. The molecule has 0 amide bonds. The van der Waals surface area contributed by atoms with Crippen molar-refractivity contribution in [3.8, 4) is 0 Å². The standard InChI is InChI=1S/C12H20O2Si/c1-15(2,3)11-10(14-12(11)13)9-7-5-4-6-8-9/h4-5,9-11H,6-8H2,1-3H3/t9?,10-,11-/m1/s1. The molecular weight excluding hydrogens is 204 g/mol. The van der Waals surface area contributed by atoms with Crippen molar-refractivity contribution in [2.24, 2.45) is 5.92 Å². The zero-order chi connectivity index (χ0) is 11.1. The number of hydrogen-bond donors (Lipinski definition) is 0. The Balaban J connectivity index is 2.05. The van der Waals surface area contributed by atoms with Crippen molar-refractivity contribution in [3.63, 3.8) is 0 Å². The van der Waals surface area contributed by atoms with E-state index in [2.05, 4.69) is 31.8 Å². The monoisotopic (exact) mass is 224 g/mol. The summed E-state index contributed by atoms with van der Waals surface area (Å²) in [5.74, 6) is 0.651. The van der Waals surface area contributed by atoms with Gasteiger partial charge in [-0.2, -0.15) is 0 Å². The molecule has 1 heterocycles. The maximum atomic E-state index is 11.5. The van der Waals surface area contributed by atoms with Crippen LogP contribution >= 0.6 is 0 Å². The molecule has 2 rings (SSSR count). The van der Waals surface area contributed by atoms with Gasteiger partial charge in [0.1, 0.15) is 6.10 Å². The van der Waals surface area contributed by atoms with Gasteiger partial charge in [0.2, 0.25) is 0 Å². The van der Waals surface area contributed by atoms with Crippen LogP contribution in [0.25, 0.3) is 0 Å². The second kappa shape index (κ2) is 3.78. The van der Waals surface area contributed by atoms with Crippen molar-refractivity contribution in [2.45, 2.75) is 50.5 Å².